The lowest BCUT2D eigenvalue weighted by molar-refractivity contribution is -0.00215. The van der Waals surface area contributed by atoms with Crippen LogP contribution in [0.2, 0.25) is 0 Å². The summed E-state index contributed by atoms with van der Waals surface area (Å²) in [5.41, 5.74) is 6.63. The fourth-order valence-corrected chi connectivity index (χ4v) is 2.67. The quantitative estimate of drug-likeness (QED) is 0.908. The lowest BCUT2D eigenvalue weighted by atomic mass is 9.76. The fourth-order valence-electron chi connectivity index (χ4n) is 2.67. The maximum absolute atomic E-state index is 13.6. The number of hydrogen-bond donors (Lipinski definition) is 1. The Bertz CT molecular complexity index is 452. The van der Waals surface area contributed by atoms with E-state index in [0.717, 1.165) is 31.7 Å². The van der Waals surface area contributed by atoms with Crippen LogP contribution in [-0.4, -0.2) is 12.7 Å². The Morgan fingerprint density at radius 1 is 1.30 bits per heavy atom. The highest BCUT2D eigenvalue weighted by Crippen LogP contribution is 2.36. The molecule has 0 aromatic heterocycles. The van der Waals surface area contributed by atoms with E-state index in [2.05, 4.69) is 13.8 Å². The van der Waals surface area contributed by atoms with Crippen LogP contribution in [0.5, 0.6) is 0 Å². The van der Waals surface area contributed by atoms with E-state index in [9.17, 15) is 8.78 Å². The summed E-state index contributed by atoms with van der Waals surface area (Å²) in [6.45, 7) is 4.80. The molecule has 4 heteroatoms. The van der Waals surface area contributed by atoms with E-state index in [0.29, 0.717) is 11.0 Å². The fraction of sp³-hybridized carbons (Fsp3) is 0.625. The summed E-state index contributed by atoms with van der Waals surface area (Å²) in [7, 11) is 0. The Morgan fingerprint density at radius 3 is 2.55 bits per heavy atom. The normalized spacial score (nSPS) is 20.9. The van der Waals surface area contributed by atoms with Crippen LogP contribution in [0.4, 0.5) is 8.78 Å². The van der Waals surface area contributed by atoms with E-state index >= 15 is 0 Å². The van der Waals surface area contributed by atoms with Crippen molar-refractivity contribution in [3.05, 3.63) is 35.4 Å². The topological polar surface area (TPSA) is 35.2 Å². The highest BCUT2D eigenvalue weighted by atomic mass is 19.1. The molecule has 0 heterocycles. The summed E-state index contributed by atoms with van der Waals surface area (Å²) >= 11 is 0. The first kappa shape index (κ1) is 15.4. The predicted molar refractivity (Wildman–Crippen MR) is 75.3 cm³/mol. The molecule has 1 aliphatic carbocycles. The molecule has 2 nitrogen and oxygen atoms in total. The second-order valence-corrected chi connectivity index (χ2v) is 6.47. The molecule has 1 saturated carbocycles. The van der Waals surface area contributed by atoms with Crippen molar-refractivity contribution < 1.29 is 13.5 Å². The van der Waals surface area contributed by atoms with Gasteiger partial charge in [-0.2, -0.15) is 0 Å². The minimum absolute atomic E-state index is 0.206. The maximum Gasteiger partial charge on any atom is 0.130 e. The molecule has 0 radical (unpaired) electrons. The average molecular weight is 283 g/mol. The van der Waals surface area contributed by atoms with E-state index in [1.54, 1.807) is 0 Å². The first-order valence-electron chi connectivity index (χ1n) is 7.19. The molecule has 1 unspecified atom stereocenters. The number of nitrogens with two attached hydrogens (primary N) is 1. The molecule has 0 amide bonds. The third kappa shape index (κ3) is 4.00. The lowest BCUT2D eigenvalue weighted by Crippen LogP contribution is -2.29. The van der Waals surface area contributed by atoms with Crippen molar-refractivity contribution in [2.75, 3.05) is 6.61 Å². The van der Waals surface area contributed by atoms with Gasteiger partial charge < -0.3 is 10.5 Å². The molecule has 20 heavy (non-hydrogen) atoms. The summed E-state index contributed by atoms with van der Waals surface area (Å²) in [6.07, 6.45) is 4.52. The summed E-state index contributed by atoms with van der Waals surface area (Å²) in [5, 5.41) is 0. The molecule has 1 aliphatic rings. The molecule has 0 saturated heterocycles. The third-order valence-corrected chi connectivity index (χ3v) is 4.16. The van der Waals surface area contributed by atoms with Crippen LogP contribution >= 0.6 is 0 Å². The molecule has 2 N–H and O–H groups in total. The van der Waals surface area contributed by atoms with Gasteiger partial charge in [0.1, 0.15) is 11.6 Å². The van der Waals surface area contributed by atoms with E-state index in [4.69, 9.17) is 10.5 Å². The SMILES string of the molecule is CC1(C)CCC(OCC(N)c2ccc(F)cc2F)CC1. The summed E-state index contributed by atoms with van der Waals surface area (Å²) in [4.78, 5) is 0. The number of ether oxygens (including phenoxy) is 1. The molecule has 1 fully saturated rings. The molecular formula is C16H23F2NO. The Morgan fingerprint density at radius 2 is 1.95 bits per heavy atom. The zero-order valence-electron chi connectivity index (χ0n) is 12.2. The van der Waals surface area contributed by atoms with Crippen molar-refractivity contribution in [3.8, 4) is 0 Å². The minimum Gasteiger partial charge on any atom is -0.376 e. The van der Waals surface area contributed by atoms with Gasteiger partial charge in [0.05, 0.1) is 18.8 Å². The van der Waals surface area contributed by atoms with Gasteiger partial charge in [-0.3, -0.25) is 0 Å². The van der Waals surface area contributed by atoms with Crippen LogP contribution in [0.1, 0.15) is 51.1 Å². The van der Waals surface area contributed by atoms with Crippen LogP contribution in [-0.2, 0) is 4.74 Å². The van der Waals surface area contributed by atoms with Gasteiger partial charge in [-0.05, 0) is 37.2 Å². The maximum atomic E-state index is 13.6. The van der Waals surface area contributed by atoms with Gasteiger partial charge in [0.2, 0.25) is 0 Å². The molecule has 1 atom stereocenters. The van der Waals surface area contributed by atoms with Gasteiger partial charge in [-0.15, -0.1) is 0 Å². The second-order valence-electron chi connectivity index (χ2n) is 6.47. The van der Waals surface area contributed by atoms with Crippen LogP contribution in [0, 0.1) is 17.0 Å². The first-order valence-corrected chi connectivity index (χ1v) is 7.19. The van der Waals surface area contributed by atoms with Crippen LogP contribution < -0.4 is 5.73 Å². The molecule has 0 bridgehead atoms. The van der Waals surface area contributed by atoms with Gasteiger partial charge in [0.25, 0.3) is 0 Å². The Labute approximate surface area is 119 Å². The van der Waals surface area contributed by atoms with Crippen molar-refractivity contribution in [1.29, 1.82) is 0 Å². The number of halogens is 2. The number of hydrogen-bond acceptors (Lipinski definition) is 2. The van der Waals surface area contributed by atoms with Crippen molar-refractivity contribution in [2.45, 2.75) is 51.7 Å². The standard InChI is InChI=1S/C16H23F2NO/c1-16(2)7-5-12(6-8-16)20-10-15(19)13-4-3-11(17)9-14(13)18/h3-4,9,12,15H,5-8,10,19H2,1-2H3. The third-order valence-electron chi connectivity index (χ3n) is 4.16. The van der Waals surface area contributed by atoms with Gasteiger partial charge in [0.15, 0.2) is 0 Å². The van der Waals surface area contributed by atoms with E-state index in [-0.39, 0.29) is 12.7 Å². The molecule has 2 rings (SSSR count). The zero-order chi connectivity index (χ0) is 14.8. The Kier molecular flexibility index (Phi) is 4.76. The first-order chi connectivity index (χ1) is 9.37. The van der Waals surface area contributed by atoms with Gasteiger partial charge >= 0.3 is 0 Å². The van der Waals surface area contributed by atoms with E-state index in [1.165, 1.54) is 12.1 Å². The molecule has 112 valence electrons. The number of benzene rings is 1. The average Bonchev–Trinajstić information content (AvgIpc) is 2.37. The van der Waals surface area contributed by atoms with E-state index < -0.39 is 17.7 Å². The van der Waals surface area contributed by atoms with Crippen molar-refractivity contribution in [3.63, 3.8) is 0 Å². The van der Waals surface area contributed by atoms with Gasteiger partial charge in [-0.25, -0.2) is 8.78 Å². The minimum atomic E-state index is -0.606. The summed E-state index contributed by atoms with van der Waals surface area (Å²) < 4.78 is 32.2. The van der Waals surface area contributed by atoms with Crippen molar-refractivity contribution in [2.24, 2.45) is 11.1 Å². The smallest absolute Gasteiger partial charge is 0.130 e. The molecule has 1 aromatic carbocycles. The second kappa shape index (κ2) is 6.19. The van der Waals surface area contributed by atoms with Crippen LogP contribution in [0.3, 0.4) is 0 Å². The van der Waals surface area contributed by atoms with Crippen molar-refractivity contribution in [1.82, 2.24) is 0 Å². The Hall–Kier alpha value is -1.00. The number of rotatable bonds is 4. The van der Waals surface area contributed by atoms with Gasteiger partial charge in [-0.1, -0.05) is 19.9 Å². The lowest BCUT2D eigenvalue weighted by Gasteiger charge is -2.34. The largest absolute Gasteiger partial charge is 0.376 e. The monoisotopic (exact) mass is 283 g/mol. The summed E-state index contributed by atoms with van der Waals surface area (Å²) in [5.74, 6) is -1.19. The van der Waals surface area contributed by atoms with E-state index in [1.807, 2.05) is 0 Å². The molecule has 0 spiro atoms. The van der Waals surface area contributed by atoms with Crippen molar-refractivity contribution >= 4 is 0 Å². The molecule has 0 aliphatic heterocycles. The highest BCUT2D eigenvalue weighted by molar-refractivity contribution is 5.21. The highest BCUT2D eigenvalue weighted by Gasteiger charge is 2.27. The zero-order valence-corrected chi connectivity index (χ0v) is 12.2. The molecular weight excluding hydrogens is 260 g/mol. The summed E-state index contributed by atoms with van der Waals surface area (Å²) in [6, 6.07) is 2.92. The molecule has 1 aromatic rings. The van der Waals surface area contributed by atoms with Crippen LogP contribution in [0.25, 0.3) is 0 Å². The van der Waals surface area contributed by atoms with Crippen LogP contribution in [0.15, 0.2) is 18.2 Å². The van der Waals surface area contributed by atoms with Gasteiger partial charge in [0, 0.05) is 11.6 Å². The Balaban J connectivity index is 1.85. The predicted octanol–water partition coefficient (Wildman–Crippen LogP) is 3.95.